The number of aliphatic hydroxyl groups is 1. The quantitative estimate of drug-likeness (QED) is 0.719. The molecule has 1 heterocycles. The number of nitrogens with one attached hydrogen (secondary N) is 2. The van der Waals surface area contributed by atoms with Gasteiger partial charge in [0, 0.05) is 18.4 Å². The molecule has 0 saturated heterocycles. The molecule has 0 unspecified atom stereocenters. The molecule has 1 aromatic heterocycles. The normalized spacial score (nSPS) is 13.8. The summed E-state index contributed by atoms with van der Waals surface area (Å²) in [6, 6.07) is 2.93. The Kier molecular flexibility index (Phi) is 5.88. The highest BCUT2D eigenvalue weighted by Crippen LogP contribution is 2.11. The maximum atomic E-state index is 11.6. The molecule has 1 aromatic rings. The minimum atomic E-state index is -0.358. The highest BCUT2D eigenvalue weighted by molar-refractivity contribution is 6.29. The van der Waals surface area contributed by atoms with Gasteiger partial charge in [0.2, 0.25) is 0 Å². The summed E-state index contributed by atoms with van der Waals surface area (Å²) in [6.07, 6.45) is 1.82. The first-order valence-corrected chi connectivity index (χ1v) is 6.19. The molecule has 0 aliphatic carbocycles. The van der Waals surface area contributed by atoms with Crippen molar-refractivity contribution in [3.05, 3.63) is 23.5 Å². The van der Waals surface area contributed by atoms with Crippen LogP contribution in [0.4, 0.5) is 10.5 Å². The summed E-state index contributed by atoms with van der Waals surface area (Å²) in [6.45, 7) is 4.21. The lowest BCUT2D eigenvalue weighted by Crippen LogP contribution is -2.33. The largest absolute Gasteiger partial charge is 0.393 e. The summed E-state index contributed by atoms with van der Waals surface area (Å²) in [5.41, 5.74) is 0.593. The van der Waals surface area contributed by atoms with E-state index >= 15 is 0 Å². The molecule has 18 heavy (non-hydrogen) atoms. The molecule has 6 heteroatoms. The maximum absolute atomic E-state index is 11.6. The predicted molar refractivity (Wildman–Crippen MR) is 71.7 cm³/mol. The molecule has 5 nitrogen and oxygen atoms in total. The smallest absolute Gasteiger partial charge is 0.319 e. The second-order valence-electron chi connectivity index (χ2n) is 4.39. The number of hydrogen-bond acceptors (Lipinski definition) is 3. The number of rotatable bonds is 5. The average molecular weight is 272 g/mol. The summed E-state index contributed by atoms with van der Waals surface area (Å²) in [5.74, 6) is 0.219. The van der Waals surface area contributed by atoms with E-state index < -0.39 is 0 Å². The molecule has 2 amide bonds. The van der Waals surface area contributed by atoms with Crippen LogP contribution in [0.3, 0.4) is 0 Å². The number of carbonyl (C=O) groups is 1. The van der Waals surface area contributed by atoms with E-state index in [-0.39, 0.29) is 18.1 Å². The molecule has 0 spiro atoms. The van der Waals surface area contributed by atoms with Gasteiger partial charge in [0.15, 0.2) is 0 Å². The van der Waals surface area contributed by atoms with Crippen molar-refractivity contribution in [2.45, 2.75) is 26.4 Å². The summed E-state index contributed by atoms with van der Waals surface area (Å²) in [7, 11) is 0. The lowest BCUT2D eigenvalue weighted by Gasteiger charge is -2.14. The second-order valence-corrected chi connectivity index (χ2v) is 4.78. The lowest BCUT2D eigenvalue weighted by atomic mass is 10.1. The second kappa shape index (κ2) is 7.18. The Hall–Kier alpha value is -1.33. The van der Waals surface area contributed by atoms with Gasteiger partial charge in [0.1, 0.15) is 5.15 Å². The van der Waals surface area contributed by atoms with E-state index in [2.05, 4.69) is 15.6 Å². The fourth-order valence-electron chi connectivity index (χ4n) is 1.59. The molecule has 0 aromatic carbocycles. The number of anilines is 1. The third-order valence-corrected chi connectivity index (χ3v) is 2.55. The highest BCUT2D eigenvalue weighted by Gasteiger charge is 2.08. The van der Waals surface area contributed by atoms with E-state index in [9.17, 15) is 9.90 Å². The van der Waals surface area contributed by atoms with Crippen molar-refractivity contribution in [2.75, 3.05) is 11.9 Å². The molecular formula is C12H18ClN3O2. The fraction of sp³-hybridized carbons (Fsp3) is 0.500. The molecule has 100 valence electrons. The lowest BCUT2D eigenvalue weighted by molar-refractivity contribution is 0.163. The number of pyridine rings is 1. The SMILES string of the molecule is C[C@H](CNC(=O)Nc1ccnc(Cl)c1)C[C@H](C)O. The minimum Gasteiger partial charge on any atom is -0.393 e. The van der Waals surface area contributed by atoms with E-state index in [1.807, 2.05) is 6.92 Å². The Bertz CT molecular complexity index is 399. The minimum absolute atomic E-state index is 0.219. The van der Waals surface area contributed by atoms with E-state index in [1.165, 1.54) is 6.20 Å². The van der Waals surface area contributed by atoms with Gasteiger partial charge in [0.05, 0.1) is 6.10 Å². The molecular weight excluding hydrogens is 254 g/mol. The van der Waals surface area contributed by atoms with Crippen LogP contribution in [0, 0.1) is 5.92 Å². The topological polar surface area (TPSA) is 74.2 Å². The van der Waals surface area contributed by atoms with Crippen LogP contribution in [-0.4, -0.2) is 28.8 Å². The number of nitrogens with zero attached hydrogens (tertiary/aromatic N) is 1. The summed E-state index contributed by atoms with van der Waals surface area (Å²) < 4.78 is 0. The van der Waals surface area contributed by atoms with Gasteiger partial charge >= 0.3 is 6.03 Å². The zero-order valence-corrected chi connectivity index (χ0v) is 11.2. The van der Waals surface area contributed by atoms with Gasteiger partial charge in [-0.2, -0.15) is 0 Å². The van der Waals surface area contributed by atoms with Crippen LogP contribution < -0.4 is 10.6 Å². The Morgan fingerprint density at radius 2 is 2.28 bits per heavy atom. The van der Waals surface area contributed by atoms with Gasteiger partial charge in [-0.3, -0.25) is 0 Å². The third kappa shape index (κ3) is 5.84. The van der Waals surface area contributed by atoms with Crippen LogP contribution in [0.5, 0.6) is 0 Å². The number of carbonyl (C=O) groups excluding carboxylic acids is 1. The van der Waals surface area contributed by atoms with Crippen LogP contribution in [0.25, 0.3) is 0 Å². The zero-order valence-electron chi connectivity index (χ0n) is 10.5. The first-order chi connectivity index (χ1) is 8.47. The van der Waals surface area contributed by atoms with Crippen molar-refractivity contribution in [1.82, 2.24) is 10.3 Å². The maximum Gasteiger partial charge on any atom is 0.319 e. The molecule has 0 radical (unpaired) electrons. The van der Waals surface area contributed by atoms with Gasteiger partial charge in [-0.1, -0.05) is 18.5 Å². The van der Waals surface area contributed by atoms with Crippen molar-refractivity contribution in [3.8, 4) is 0 Å². The summed E-state index contributed by atoms with van der Waals surface area (Å²) in [4.78, 5) is 15.4. The number of urea groups is 1. The monoisotopic (exact) mass is 271 g/mol. The zero-order chi connectivity index (χ0) is 13.5. The molecule has 0 saturated carbocycles. The van der Waals surface area contributed by atoms with Crippen LogP contribution in [0.2, 0.25) is 5.15 Å². The average Bonchev–Trinajstić information content (AvgIpc) is 2.25. The first kappa shape index (κ1) is 14.7. The third-order valence-electron chi connectivity index (χ3n) is 2.34. The molecule has 0 aliphatic heterocycles. The number of aromatic nitrogens is 1. The van der Waals surface area contributed by atoms with Crippen LogP contribution >= 0.6 is 11.6 Å². The molecule has 1 rings (SSSR count). The van der Waals surface area contributed by atoms with Crippen molar-refractivity contribution in [1.29, 1.82) is 0 Å². The predicted octanol–water partition coefficient (Wildman–Crippen LogP) is 2.26. The van der Waals surface area contributed by atoms with Gasteiger partial charge in [-0.15, -0.1) is 0 Å². The van der Waals surface area contributed by atoms with Crippen LogP contribution in [0.15, 0.2) is 18.3 Å². The van der Waals surface area contributed by atoms with E-state index in [1.54, 1.807) is 19.1 Å². The molecule has 0 fully saturated rings. The van der Waals surface area contributed by atoms with Gasteiger partial charge in [0.25, 0.3) is 0 Å². The van der Waals surface area contributed by atoms with Crippen molar-refractivity contribution in [2.24, 2.45) is 5.92 Å². The Morgan fingerprint density at radius 1 is 1.56 bits per heavy atom. The Labute approximate surface area is 112 Å². The fourth-order valence-corrected chi connectivity index (χ4v) is 1.76. The summed E-state index contributed by atoms with van der Waals surface area (Å²) >= 11 is 5.70. The van der Waals surface area contributed by atoms with E-state index in [4.69, 9.17) is 11.6 Å². The van der Waals surface area contributed by atoms with Crippen molar-refractivity contribution >= 4 is 23.3 Å². The van der Waals surface area contributed by atoms with E-state index in [0.717, 1.165) is 0 Å². The standard InChI is InChI=1S/C12H18ClN3O2/c1-8(5-9(2)17)7-15-12(18)16-10-3-4-14-11(13)6-10/h3-4,6,8-9,17H,5,7H2,1-2H3,(H2,14,15,16,18)/t8-,9-/m0/s1. The van der Waals surface area contributed by atoms with Crippen molar-refractivity contribution < 1.29 is 9.90 Å². The highest BCUT2D eigenvalue weighted by atomic mass is 35.5. The molecule has 0 bridgehead atoms. The van der Waals surface area contributed by atoms with Gasteiger partial charge < -0.3 is 15.7 Å². The van der Waals surface area contributed by atoms with Crippen LogP contribution in [-0.2, 0) is 0 Å². The molecule has 3 N–H and O–H groups in total. The number of halogens is 1. The number of hydrogen-bond donors (Lipinski definition) is 3. The Balaban J connectivity index is 2.34. The van der Waals surface area contributed by atoms with Crippen molar-refractivity contribution in [3.63, 3.8) is 0 Å². The molecule has 2 atom stereocenters. The molecule has 0 aliphatic rings. The first-order valence-electron chi connectivity index (χ1n) is 5.82. The summed E-state index contributed by atoms with van der Waals surface area (Å²) in [5, 5.41) is 14.9. The number of amides is 2. The van der Waals surface area contributed by atoms with Gasteiger partial charge in [-0.05, 0) is 31.4 Å². The van der Waals surface area contributed by atoms with Crippen LogP contribution in [0.1, 0.15) is 20.3 Å². The number of aliphatic hydroxyl groups excluding tert-OH is 1. The van der Waals surface area contributed by atoms with E-state index in [0.29, 0.717) is 23.8 Å². The Morgan fingerprint density at radius 3 is 2.89 bits per heavy atom. The van der Waals surface area contributed by atoms with Gasteiger partial charge in [-0.25, -0.2) is 9.78 Å².